The molecule has 0 amide bonds. The van der Waals surface area contributed by atoms with E-state index in [2.05, 4.69) is 75.5 Å². The third-order valence-electron chi connectivity index (χ3n) is 6.28. The Balaban J connectivity index is 1.95. The standard InChI is InChI=1S/C30H42N2/c1-5-12-23-16-9-17-24(13-6-2)29(23)31-27-20-11-21-28(22-27)32-30-25(14-7-3)18-10-19-26(30)15-8-4/h9-10,16-19,22,31H,5-8,11-15,20-21H2,1-4H3/b32-28+. The van der Waals surface area contributed by atoms with Crippen molar-refractivity contribution < 1.29 is 0 Å². The van der Waals surface area contributed by atoms with Crippen molar-refractivity contribution >= 4 is 17.1 Å². The number of benzene rings is 2. The quantitative estimate of drug-likeness (QED) is 0.378. The smallest absolute Gasteiger partial charge is 0.0696 e. The minimum atomic E-state index is 1.07. The van der Waals surface area contributed by atoms with Crippen LogP contribution in [-0.2, 0) is 25.7 Å². The third-order valence-corrected chi connectivity index (χ3v) is 6.28. The number of rotatable bonds is 11. The maximum absolute atomic E-state index is 5.26. The summed E-state index contributed by atoms with van der Waals surface area (Å²) in [7, 11) is 0. The first-order valence-corrected chi connectivity index (χ1v) is 13.0. The van der Waals surface area contributed by atoms with E-state index in [4.69, 9.17) is 4.99 Å². The van der Waals surface area contributed by atoms with E-state index >= 15 is 0 Å². The van der Waals surface area contributed by atoms with Crippen molar-refractivity contribution in [3.05, 3.63) is 70.4 Å². The average Bonchev–Trinajstić information content (AvgIpc) is 2.79. The van der Waals surface area contributed by atoms with E-state index in [9.17, 15) is 0 Å². The number of aliphatic imine (C=N–C) groups is 1. The lowest BCUT2D eigenvalue weighted by Crippen LogP contribution is -2.12. The van der Waals surface area contributed by atoms with Crippen LogP contribution in [0.15, 0.2) is 53.2 Å². The van der Waals surface area contributed by atoms with Crippen molar-refractivity contribution in [1.29, 1.82) is 0 Å². The highest BCUT2D eigenvalue weighted by Gasteiger charge is 2.15. The molecule has 2 heteroatoms. The van der Waals surface area contributed by atoms with E-state index in [0.717, 1.165) is 57.8 Å². The third kappa shape index (κ3) is 6.34. The molecule has 172 valence electrons. The molecule has 32 heavy (non-hydrogen) atoms. The number of hydrogen-bond acceptors (Lipinski definition) is 2. The van der Waals surface area contributed by atoms with Crippen LogP contribution in [0.5, 0.6) is 0 Å². The number of para-hydroxylation sites is 2. The Morgan fingerprint density at radius 3 is 1.72 bits per heavy atom. The predicted octanol–water partition coefficient (Wildman–Crippen LogP) is 8.75. The summed E-state index contributed by atoms with van der Waals surface area (Å²) in [6, 6.07) is 13.6. The number of anilines is 1. The van der Waals surface area contributed by atoms with Crippen LogP contribution >= 0.6 is 0 Å². The Hall–Kier alpha value is -2.35. The van der Waals surface area contributed by atoms with Gasteiger partial charge in [0.2, 0.25) is 0 Å². The zero-order valence-electron chi connectivity index (χ0n) is 20.8. The lowest BCUT2D eigenvalue weighted by Gasteiger charge is -2.22. The fourth-order valence-corrected chi connectivity index (χ4v) is 4.80. The second-order valence-electron chi connectivity index (χ2n) is 9.13. The molecule has 0 radical (unpaired) electrons. The molecule has 2 aromatic rings. The van der Waals surface area contributed by atoms with Crippen LogP contribution in [0.1, 0.15) is 94.9 Å². The van der Waals surface area contributed by atoms with Gasteiger partial charge in [-0.1, -0.05) is 89.8 Å². The summed E-state index contributed by atoms with van der Waals surface area (Å²) in [4.78, 5) is 5.26. The molecule has 0 aromatic heterocycles. The first kappa shape index (κ1) is 24.3. The number of nitrogens with one attached hydrogen (secondary N) is 1. The number of aryl methyl sites for hydroxylation is 4. The molecule has 0 aliphatic heterocycles. The van der Waals surface area contributed by atoms with E-state index < -0.39 is 0 Å². The zero-order valence-corrected chi connectivity index (χ0v) is 20.8. The van der Waals surface area contributed by atoms with Gasteiger partial charge < -0.3 is 5.32 Å². The molecule has 1 aliphatic carbocycles. The van der Waals surface area contributed by atoms with E-state index in [1.807, 2.05) is 0 Å². The van der Waals surface area contributed by atoms with E-state index in [0.29, 0.717) is 0 Å². The average molecular weight is 431 g/mol. The molecule has 1 N–H and O–H groups in total. The maximum Gasteiger partial charge on any atom is 0.0696 e. The largest absolute Gasteiger partial charge is 0.358 e. The zero-order chi connectivity index (χ0) is 22.8. The SMILES string of the molecule is CCCc1cccc(CCC)c1/N=C1/C=C(Nc2c(CCC)cccc2CCC)CCC1. The van der Waals surface area contributed by atoms with Gasteiger partial charge in [-0.15, -0.1) is 0 Å². The van der Waals surface area contributed by atoms with Gasteiger partial charge >= 0.3 is 0 Å². The molecule has 0 heterocycles. The summed E-state index contributed by atoms with van der Waals surface area (Å²) >= 11 is 0. The highest BCUT2D eigenvalue weighted by atomic mass is 14.9. The molecule has 0 atom stereocenters. The lowest BCUT2D eigenvalue weighted by atomic mass is 9.97. The Bertz CT molecular complexity index is 887. The molecule has 0 saturated heterocycles. The maximum atomic E-state index is 5.26. The van der Waals surface area contributed by atoms with Gasteiger partial charge in [0.05, 0.1) is 5.69 Å². The highest BCUT2D eigenvalue weighted by molar-refractivity contribution is 5.98. The second-order valence-corrected chi connectivity index (χ2v) is 9.13. The van der Waals surface area contributed by atoms with Crippen molar-refractivity contribution in [2.24, 2.45) is 4.99 Å². The fourth-order valence-electron chi connectivity index (χ4n) is 4.80. The monoisotopic (exact) mass is 430 g/mol. The molecule has 0 spiro atoms. The van der Waals surface area contributed by atoms with Gasteiger partial charge in [-0.05, 0) is 73.3 Å². The van der Waals surface area contributed by atoms with Crippen molar-refractivity contribution in [3.63, 3.8) is 0 Å². The number of nitrogens with zero attached hydrogens (tertiary/aromatic N) is 1. The van der Waals surface area contributed by atoms with Crippen molar-refractivity contribution in [2.75, 3.05) is 5.32 Å². The Morgan fingerprint density at radius 2 is 1.19 bits per heavy atom. The van der Waals surface area contributed by atoms with Gasteiger partial charge in [0.15, 0.2) is 0 Å². The van der Waals surface area contributed by atoms with Crippen LogP contribution < -0.4 is 5.32 Å². The highest BCUT2D eigenvalue weighted by Crippen LogP contribution is 2.31. The first-order chi connectivity index (χ1) is 15.7. The molecule has 0 saturated carbocycles. The van der Waals surface area contributed by atoms with Crippen molar-refractivity contribution in [3.8, 4) is 0 Å². The first-order valence-electron chi connectivity index (χ1n) is 13.0. The van der Waals surface area contributed by atoms with Crippen LogP contribution in [0.25, 0.3) is 0 Å². The van der Waals surface area contributed by atoms with E-state index in [-0.39, 0.29) is 0 Å². The predicted molar refractivity (Wildman–Crippen MR) is 142 cm³/mol. The Morgan fingerprint density at radius 1 is 0.688 bits per heavy atom. The second kappa shape index (κ2) is 12.6. The molecule has 1 aliphatic rings. The molecule has 2 nitrogen and oxygen atoms in total. The summed E-state index contributed by atoms with van der Waals surface area (Å²) in [5.74, 6) is 0. The van der Waals surface area contributed by atoms with E-state index in [1.54, 1.807) is 0 Å². The molecule has 2 aromatic carbocycles. The van der Waals surface area contributed by atoms with Gasteiger partial charge in [-0.2, -0.15) is 0 Å². The van der Waals surface area contributed by atoms with Gasteiger partial charge in [0, 0.05) is 17.1 Å². The summed E-state index contributed by atoms with van der Waals surface area (Å²) in [6.07, 6.45) is 14.8. The summed E-state index contributed by atoms with van der Waals surface area (Å²) in [6.45, 7) is 9.05. The van der Waals surface area contributed by atoms with Gasteiger partial charge in [-0.3, -0.25) is 4.99 Å². The summed E-state index contributed by atoms with van der Waals surface area (Å²) < 4.78 is 0. The normalized spacial score (nSPS) is 15.1. The summed E-state index contributed by atoms with van der Waals surface area (Å²) in [5.41, 5.74) is 10.8. The van der Waals surface area contributed by atoms with Gasteiger partial charge in [-0.25, -0.2) is 0 Å². The van der Waals surface area contributed by atoms with E-state index in [1.165, 1.54) is 57.9 Å². The molecule has 0 bridgehead atoms. The molecule has 0 fully saturated rings. The van der Waals surface area contributed by atoms with Crippen LogP contribution in [0.3, 0.4) is 0 Å². The molecular weight excluding hydrogens is 388 g/mol. The van der Waals surface area contributed by atoms with Crippen molar-refractivity contribution in [2.45, 2.75) is 98.3 Å². The molecule has 0 unspecified atom stereocenters. The van der Waals surface area contributed by atoms with Gasteiger partial charge in [0.1, 0.15) is 0 Å². The van der Waals surface area contributed by atoms with Crippen LogP contribution in [-0.4, -0.2) is 5.71 Å². The number of allylic oxidation sites excluding steroid dienone is 2. The van der Waals surface area contributed by atoms with Crippen LogP contribution in [0.4, 0.5) is 11.4 Å². The fraction of sp³-hybridized carbons (Fsp3) is 0.500. The van der Waals surface area contributed by atoms with Gasteiger partial charge in [0.25, 0.3) is 0 Å². The van der Waals surface area contributed by atoms with Crippen molar-refractivity contribution in [1.82, 2.24) is 0 Å². The minimum Gasteiger partial charge on any atom is -0.358 e. The van der Waals surface area contributed by atoms with Crippen LogP contribution in [0, 0.1) is 0 Å². The lowest BCUT2D eigenvalue weighted by molar-refractivity contribution is 0.833. The topological polar surface area (TPSA) is 24.4 Å². The minimum absolute atomic E-state index is 1.07. The molecule has 3 rings (SSSR count). The summed E-state index contributed by atoms with van der Waals surface area (Å²) in [5, 5.41) is 3.86. The Labute approximate surface area is 196 Å². The Kier molecular flexibility index (Phi) is 9.59. The van der Waals surface area contributed by atoms with Crippen LogP contribution in [0.2, 0.25) is 0 Å². The molecular formula is C30H42N2. The number of hydrogen-bond donors (Lipinski definition) is 1.